The summed E-state index contributed by atoms with van der Waals surface area (Å²) in [6.45, 7) is 0. The highest BCUT2D eigenvalue weighted by Gasteiger charge is 2.15. The van der Waals surface area contributed by atoms with E-state index in [0.29, 0.717) is 0 Å². The highest BCUT2D eigenvalue weighted by molar-refractivity contribution is 6.08. The molecule has 0 unspecified atom stereocenters. The van der Waals surface area contributed by atoms with Crippen LogP contribution in [0.25, 0.3) is 44.7 Å². The standard InChI is InChI=1S/C30H21N5O/c1-33-20-27(34-17-5-3-12-29(33)34)21-8-6-9-22(18-21)36-23-13-14-24-25-10-7-16-32-30(25)35(26(24)19-23)28-11-2-4-15-31-28/h2-19H,1H3. The molecule has 7 rings (SSSR count). The molecule has 6 nitrogen and oxygen atoms in total. The van der Waals surface area contributed by atoms with E-state index in [4.69, 9.17) is 4.74 Å². The van der Waals surface area contributed by atoms with Crippen LogP contribution in [0.15, 0.2) is 110 Å². The maximum atomic E-state index is 6.37. The zero-order valence-electron chi connectivity index (χ0n) is 19.5. The normalized spacial score (nSPS) is 11.5. The molecule has 0 N–H and O–H groups in total. The van der Waals surface area contributed by atoms with Crippen molar-refractivity contribution in [3.8, 4) is 28.6 Å². The van der Waals surface area contributed by atoms with E-state index in [0.717, 1.165) is 56.2 Å². The molecule has 0 atom stereocenters. The van der Waals surface area contributed by atoms with Gasteiger partial charge < -0.3 is 9.30 Å². The number of nitrogens with zero attached hydrogens (tertiary/aromatic N) is 5. The largest absolute Gasteiger partial charge is 0.458 e. The molecule has 0 aliphatic heterocycles. The number of ether oxygens (including phenoxy) is 1. The van der Waals surface area contributed by atoms with E-state index < -0.39 is 0 Å². The summed E-state index contributed by atoms with van der Waals surface area (Å²) in [7, 11) is 2.00. The third-order valence-electron chi connectivity index (χ3n) is 6.42. The van der Waals surface area contributed by atoms with Crippen LogP contribution >= 0.6 is 0 Å². The average molecular weight is 468 g/mol. The lowest BCUT2D eigenvalue weighted by Crippen LogP contribution is -2.25. The summed E-state index contributed by atoms with van der Waals surface area (Å²) in [5, 5.41) is 2.18. The van der Waals surface area contributed by atoms with Gasteiger partial charge in [-0.15, -0.1) is 6.07 Å². The molecule has 2 aromatic carbocycles. The Morgan fingerprint density at radius 1 is 0.778 bits per heavy atom. The van der Waals surface area contributed by atoms with Gasteiger partial charge in [-0.25, -0.2) is 9.97 Å². The average Bonchev–Trinajstić information content (AvgIpc) is 3.44. The Labute approximate surface area is 207 Å². The van der Waals surface area contributed by atoms with E-state index in [1.165, 1.54) is 0 Å². The van der Waals surface area contributed by atoms with E-state index >= 15 is 0 Å². The van der Waals surface area contributed by atoms with Gasteiger partial charge in [0, 0.05) is 29.2 Å². The summed E-state index contributed by atoms with van der Waals surface area (Å²) >= 11 is 0. The molecule has 7 aromatic rings. The van der Waals surface area contributed by atoms with E-state index in [1.807, 2.05) is 84.7 Å². The Hall–Kier alpha value is -4.97. The van der Waals surface area contributed by atoms with Crippen LogP contribution in [0.2, 0.25) is 0 Å². The molecule has 6 heteroatoms. The lowest BCUT2D eigenvalue weighted by Gasteiger charge is -2.11. The van der Waals surface area contributed by atoms with E-state index in [2.05, 4.69) is 55.5 Å². The number of imidazole rings is 1. The second kappa shape index (κ2) is 8.06. The molecule has 0 saturated carbocycles. The van der Waals surface area contributed by atoms with E-state index in [9.17, 15) is 0 Å². The van der Waals surface area contributed by atoms with E-state index in [-0.39, 0.29) is 0 Å². The van der Waals surface area contributed by atoms with Crippen LogP contribution in [0.3, 0.4) is 0 Å². The minimum Gasteiger partial charge on any atom is -0.458 e. The number of aryl methyl sites for hydroxylation is 1. The van der Waals surface area contributed by atoms with Gasteiger partial charge in [0.2, 0.25) is 0 Å². The van der Waals surface area contributed by atoms with Gasteiger partial charge in [0.1, 0.15) is 23.0 Å². The van der Waals surface area contributed by atoms with Crippen LogP contribution in [0.1, 0.15) is 0 Å². The Morgan fingerprint density at radius 2 is 1.67 bits per heavy atom. The molecule has 0 aliphatic carbocycles. The van der Waals surface area contributed by atoms with Gasteiger partial charge in [-0.3, -0.25) is 8.97 Å². The summed E-state index contributed by atoms with van der Waals surface area (Å²) in [6.07, 6.45) is 9.09. The van der Waals surface area contributed by atoms with Crippen LogP contribution in [0.5, 0.6) is 11.5 Å². The highest BCUT2D eigenvalue weighted by Crippen LogP contribution is 2.34. The second-order valence-corrected chi connectivity index (χ2v) is 8.66. The number of hydrogen-bond donors (Lipinski definition) is 0. The van der Waals surface area contributed by atoms with Crippen molar-refractivity contribution < 1.29 is 9.30 Å². The van der Waals surface area contributed by atoms with Gasteiger partial charge in [0.25, 0.3) is 0 Å². The van der Waals surface area contributed by atoms with Crippen molar-refractivity contribution in [1.29, 1.82) is 0 Å². The number of benzene rings is 2. The predicted molar refractivity (Wildman–Crippen MR) is 139 cm³/mol. The Kier molecular flexibility index (Phi) is 4.57. The van der Waals surface area contributed by atoms with Gasteiger partial charge >= 0.3 is 0 Å². The molecular weight excluding hydrogens is 446 g/mol. The molecule has 0 bridgehead atoms. The lowest BCUT2D eigenvalue weighted by atomic mass is 10.1. The first kappa shape index (κ1) is 20.4. The number of hydrogen-bond acceptors (Lipinski definition) is 3. The van der Waals surface area contributed by atoms with Crippen molar-refractivity contribution in [2.24, 2.45) is 7.05 Å². The molecule has 0 radical (unpaired) electrons. The molecule has 36 heavy (non-hydrogen) atoms. The summed E-state index contributed by atoms with van der Waals surface area (Å²) in [6, 6.07) is 30.3. The molecule has 0 fully saturated rings. The zero-order chi connectivity index (χ0) is 24.1. The zero-order valence-corrected chi connectivity index (χ0v) is 19.5. The third kappa shape index (κ3) is 3.23. The molecule has 172 valence electrons. The van der Waals surface area contributed by atoms with E-state index in [1.54, 1.807) is 6.20 Å². The third-order valence-corrected chi connectivity index (χ3v) is 6.42. The fourth-order valence-electron chi connectivity index (χ4n) is 4.82. The molecule has 0 spiro atoms. The van der Waals surface area contributed by atoms with Gasteiger partial charge in [-0.2, -0.15) is 0 Å². The molecular formula is C30H21N5O. The Morgan fingerprint density at radius 3 is 2.58 bits per heavy atom. The van der Waals surface area contributed by atoms with Gasteiger partial charge in [0.05, 0.1) is 30.7 Å². The van der Waals surface area contributed by atoms with Crippen molar-refractivity contribution in [3.63, 3.8) is 0 Å². The first-order valence-corrected chi connectivity index (χ1v) is 11.7. The topological polar surface area (TPSA) is 48.2 Å². The molecule has 5 aromatic heterocycles. The molecule has 0 saturated heterocycles. The van der Waals surface area contributed by atoms with Crippen LogP contribution in [-0.2, 0) is 7.05 Å². The molecule has 5 heterocycles. The SMILES string of the molecule is C[n+]1[c-]c(-c2cccc(Oc3ccc4c5cccnc5n(-c5ccccn5)c4c3)c2)n2ccccc21. The summed E-state index contributed by atoms with van der Waals surface area (Å²) < 4.78 is 12.6. The van der Waals surface area contributed by atoms with Crippen molar-refractivity contribution in [1.82, 2.24) is 18.9 Å². The number of fused-ring (bicyclic) bond motifs is 4. The monoisotopic (exact) mass is 467 g/mol. The van der Waals surface area contributed by atoms with Crippen molar-refractivity contribution >= 4 is 27.6 Å². The summed E-state index contributed by atoms with van der Waals surface area (Å²) in [4.78, 5) is 9.24. The lowest BCUT2D eigenvalue weighted by molar-refractivity contribution is -0.648. The highest BCUT2D eigenvalue weighted by atomic mass is 16.5. The quantitative estimate of drug-likeness (QED) is 0.239. The van der Waals surface area contributed by atoms with Crippen LogP contribution < -0.4 is 9.30 Å². The number of rotatable bonds is 4. The van der Waals surface area contributed by atoms with Crippen LogP contribution in [0.4, 0.5) is 0 Å². The first-order chi connectivity index (χ1) is 17.8. The Balaban J connectivity index is 1.33. The summed E-state index contributed by atoms with van der Waals surface area (Å²) in [5.41, 5.74) is 4.95. The number of aromatic nitrogens is 5. The van der Waals surface area contributed by atoms with Gasteiger partial charge in [-0.05, 0) is 54.6 Å². The fourth-order valence-corrected chi connectivity index (χ4v) is 4.82. The second-order valence-electron chi connectivity index (χ2n) is 8.66. The predicted octanol–water partition coefficient (Wildman–Crippen LogP) is 5.91. The number of pyridine rings is 3. The molecule has 0 aliphatic rings. The van der Waals surface area contributed by atoms with Crippen LogP contribution in [0, 0.1) is 6.20 Å². The van der Waals surface area contributed by atoms with Crippen molar-refractivity contribution in [2.75, 3.05) is 0 Å². The van der Waals surface area contributed by atoms with Gasteiger partial charge in [0.15, 0.2) is 5.65 Å². The minimum atomic E-state index is 0.745. The summed E-state index contributed by atoms with van der Waals surface area (Å²) in [5.74, 6) is 2.32. The fraction of sp³-hybridized carbons (Fsp3) is 0.0333. The van der Waals surface area contributed by atoms with Crippen LogP contribution in [-0.4, -0.2) is 18.9 Å². The van der Waals surface area contributed by atoms with Gasteiger partial charge in [-0.1, -0.05) is 29.8 Å². The van der Waals surface area contributed by atoms with Crippen molar-refractivity contribution in [3.05, 3.63) is 116 Å². The maximum absolute atomic E-state index is 6.37. The minimum absolute atomic E-state index is 0.745. The molecule has 0 amide bonds. The maximum Gasteiger partial charge on any atom is 0.188 e. The Bertz CT molecular complexity index is 1880. The smallest absolute Gasteiger partial charge is 0.188 e. The first-order valence-electron chi connectivity index (χ1n) is 11.7. The van der Waals surface area contributed by atoms with Crippen molar-refractivity contribution in [2.45, 2.75) is 0 Å².